The molecule has 3 rings (SSSR count). The Labute approximate surface area is 157 Å². The average molecular weight is 366 g/mol. The molecule has 0 bridgehead atoms. The number of carbonyl (C=O) groups excluding carboxylic acids is 2. The summed E-state index contributed by atoms with van der Waals surface area (Å²) >= 11 is 0. The molecular weight excluding hydrogens is 344 g/mol. The maximum Gasteiger partial charge on any atom is 0.273 e. The zero-order chi connectivity index (χ0) is 19.4. The summed E-state index contributed by atoms with van der Waals surface area (Å²) in [6.07, 6.45) is 3.03. The summed E-state index contributed by atoms with van der Waals surface area (Å²) < 4.78 is 0. The lowest BCUT2D eigenvalue weighted by atomic mass is 10.0. The number of nitrogens with zero attached hydrogens (tertiary/aromatic N) is 2. The Morgan fingerprint density at radius 2 is 1.63 bits per heavy atom. The van der Waals surface area contributed by atoms with Crippen molar-refractivity contribution >= 4 is 24.0 Å². The van der Waals surface area contributed by atoms with E-state index in [-0.39, 0.29) is 11.6 Å². The van der Waals surface area contributed by atoms with Gasteiger partial charge in [0.1, 0.15) is 6.04 Å². The van der Waals surface area contributed by atoms with Crippen molar-refractivity contribution in [2.75, 3.05) is 6.54 Å². The number of hydrogen-bond donors (Lipinski definition) is 2. The van der Waals surface area contributed by atoms with Crippen LogP contribution in [0, 0.1) is 0 Å². The average Bonchev–Trinajstić information content (AvgIpc) is 2.66. The third-order valence-corrected chi connectivity index (χ3v) is 4.52. The number of hydrogen-bond acceptors (Lipinski definition) is 5. The van der Waals surface area contributed by atoms with E-state index in [1.165, 1.54) is 6.92 Å². The van der Waals surface area contributed by atoms with Gasteiger partial charge in [-0.05, 0) is 23.6 Å². The molecule has 2 aromatic rings. The highest BCUT2D eigenvalue weighted by atomic mass is 16.5. The zero-order valence-corrected chi connectivity index (χ0v) is 15.0. The van der Waals surface area contributed by atoms with Gasteiger partial charge in [-0.1, -0.05) is 66.7 Å². The van der Waals surface area contributed by atoms with Gasteiger partial charge in [0.15, 0.2) is 0 Å². The van der Waals surface area contributed by atoms with Crippen molar-refractivity contribution in [2.45, 2.75) is 25.6 Å². The molecule has 2 aromatic carbocycles. The second-order valence-corrected chi connectivity index (χ2v) is 6.62. The Balaban J connectivity index is 1.70. The molecule has 6 nitrogen and oxygen atoms in total. The summed E-state index contributed by atoms with van der Waals surface area (Å²) in [7, 11) is 0. The SMILES string of the molecule is C[C@@H](O)[C@H]1C(=O)N(O)C(=O)CN1Cc1ccc(C=Cc2ccccc2)cc1. The molecular formula is C21H22N2O4. The van der Waals surface area contributed by atoms with Gasteiger partial charge in [0, 0.05) is 6.54 Å². The molecule has 0 aromatic heterocycles. The third-order valence-electron chi connectivity index (χ3n) is 4.52. The van der Waals surface area contributed by atoms with Gasteiger partial charge in [-0.15, -0.1) is 0 Å². The van der Waals surface area contributed by atoms with Crippen LogP contribution in [0.4, 0.5) is 0 Å². The van der Waals surface area contributed by atoms with E-state index in [4.69, 9.17) is 0 Å². The van der Waals surface area contributed by atoms with Crippen molar-refractivity contribution in [2.24, 2.45) is 0 Å². The van der Waals surface area contributed by atoms with E-state index >= 15 is 0 Å². The van der Waals surface area contributed by atoms with E-state index in [2.05, 4.69) is 0 Å². The maximum atomic E-state index is 12.1. The van der Waals surface area contributed by atoms with E-state index in [1.54, 1.807) is 4.90 Å². The molecule has 2 N–H and O–H groups in total. The van der Waals surface area contributed by atoms with Gasteiger partial charge >= 0.3 is 0 Å². The predicted octanol–water partition coefficient (Wildman–Crippen LogP) is 2.17. The zero-order valence-electron chi connectivity index (χ0n) is 15.0. The third kappa shape index (κ3) is 4.49. The summed E-state index contributed by atoms with van der Waals surface area (Å²) in [6.45, 7) is 1.66. The normalized spacial score (nSPS) is 19.7. The van der Waals surface area contributed by atoms with Gasteiger partial charge in [0.2, 0.25) is 0 Å². The minimum absolute atomic E-state index is 0.103. The summed E-state index contributed by atoms with van der Waals surface area (Å²) in [5.74, 6) is -1.50. The summed E-state index contributed by atoms with van der Waals surface area (Å²) in [6, 6.07) is 16.8. The van der Waals surface area contributed by atoms with Crippen LogP contribution in [0.25, 0.3) is 12.2 Å². The van der Waals surface area contributed by atoms with Crippen LogP contribution in [0.5, 0.6) is 0 Å². The highest BCUT2D eigenvalue weighted by Gasteiger charge is 2.41. The molecule has 27 heavy (non-hydrogen) atoms. The fourth-order valence-electron chi connectivity index (χ4n) is 3.13. The minimum atomic E-state index is -1.01. The number of aliphatic hydroxyl groups is 1. The quantitative estimate of drug-likeness (QED) is 0.482. The van der Waals surface area contributed by atoms with Crippen molar-refractivity contribution in [1.29, 1.82) is 0 Å². The van der Waals surface area contributed by atoms with Gasteiger partial charge in [-0.2, -0.15) is 5.06 Å². The molecule has 140 valence electrons. The van der Waals surface area contributed by atoms with E-state index in [1.807, 2.05) is 66.7 Å². The molecule has 1 heterocycles. The number of imide groups is 1. The van der Waals surface area contributed by atoms with Gasteiger partial charge in [0.25, 0.3) is 11.8 Å². The van der Waals surface area contributed by atoms with Crippen LogP contribution < -0.4 is 0 Å². The number of rotatable bonds is 5. The summed E-state index contributed by atoms with van der Waals surface area (Å²) in [5.41, 5.74) is 3.05. The first-order valence-electron chi connectivity index (χ1n) is 8.75. The first-order chi connectivity index (χ1) is 13.0. The number of carbonyl (C=O) groups is 2. The van der Waals surface area contributed by atoms with Gasteiger partial charge in [-0.25, -0.2) is 0 Å². The molecule has 1 aliphatic rings. The van der Waals surface area contributed by atoms with Crippen molar-refractivity contribution in [3.8, 4) is 0 Å². The van der Waals surface area contributed by atoms with E-state index in [0.29, 0.717) is 6.54 Å². The fourth-order valence-corrected chi connectivity index (χ4v) is 3.13. The Kier molecular flexibility index (Phi) is 5.81. The van der Waals surface area contributed by atoms with Crippen LogP contribution in [0.1, 0.15) is 23.6 Å². The van der Waals surface area contributed by atoms with Crippen molar-refractivity contribution in [3.63, 3.8) is 0 Å². The molecule has 0 spiro atoms. The van der Waals surface area contributed by atoms with Crippen LogP contribution in [0.3, 0.4) is 0 Å². The van der Waals surface area contributed by atoms with Crippen LogP contribution in [-0.4, -0.2) is 50.8 Å². The molecule has 1 aliphatic heterocycles. The van der Waals surface area contributed by atoms with Gasteiger partial charge in [-0.3, -0.25) is 19.7 Å². The Hall–Kier alpha value is -2.80. The monoisotopic (exact) mass is 366 g/mol. The molecule has 0 radical (unpaired) electrons. The molecule has 6 heteroatoms. The largest absolute Gasteiger partial charge is 0.391 e. The number of benzene rings is 2. The number of hydroxylamine groups is 2. The molecule has 0 saturated carbocycles. The lowest BCUT2D eigenvalue weighted by Gasteiger charge is -2.37. The van der Waals surface area contributed by atoms with Crippen molar-refractivity contribution < 1.29 is 19.9 Å². The van der Waals surface area contributed by atoms with Crippen LogP contribution in [0.2, 0.25) is 0 Å². The maximum absolute atomic E-state index is 12.1. The van der Waals surface area contributed by atoms with Gasteiger partial charge < -0.3 is 5.11 Å². The molecule has 1 saturated heterocycles. The topological polar surface area (TPSA) is 81.1 Å². The minimum Gasteiger partial charge on any atom is -0.391 e. The van der Waals surface area contributed by atoms with Crippen LogP contribution in [-0.2, 0) is 16.1 Å². The number of amides is 2. The molecule has 1 fully saturated rings. The second kappa shape index (κ2) is 8.26. The predicted molar refractivity (Wildman–Crippen MR) is 101 cm³/mol. The summed E-state index contributed by atoms with van der Waals surface area (Å²) in [5, 5.41) is 19.5. The number of aliphatic hydroxyl groups excluding tert-OH is 1. The van der Waals surface area contributed by atoms with E-state index < -0.39 is 24.0 Å². The van der Waals surface area contributed by atoms with Crippen molar-refractivity contribution in [3.05, 3.63) is 71.3 Å². The van der Waals surface area contributed by atoms with Crippen LogP contribution in [0.15, 0.2) is 54.6 Å². The summed E-state index contributed by atoms with van der Waals surface area (Å²) in [4.78, 5) is 25.4. The highest BCUT2D eigenvalue weighted by Crippen LogP contribution is 2.19. The lowest BCUT2D eigenvalue weighted by molar-refractivity contribution is -0.195. The fraction of sp³-hybridized carbons (Fsp3) is 0.238. The van der Waals surface area contributed by atoms with E-state index in [9.17, 15) is 19.9 Å². The Morgan fingerprint density at radius 1 is 1.04 bits per heavy atom. The Bertz CT molecular complexity index is 831. The van der Waals surface area contributed by atoms with Crippen LogP contribution >= 0.6 is 0 Å². The molecule has 2 amide bonds. The lowest BCUT2D eigenvalue weighted by Crippen LogP contribution is -2.61. The first-order valence-corrected chi connectivity index (χ1v) is 8.75. The standard InChI is InChI=1S/C21H22N2O4/c1-15(24)20-21(26)23(27)19(25)14-22(20)13-18-11-9-17(10-12-18)8-7-16-5-3-2-4-6-16/h2-12,15,20,24,27H,13-14H2,1H3/t15-,20+/m1/s1. The van der Waals surface area contributed by atoms with E-state index in [0.717, 1.165) is 16.7 Å². The molecule has 2 atom stereocenters. The van der Waals surface area contributed by atoms with Gasteiger partial charge in [0.05, 0.1) is 12.6 Å². The first kappa shape index (κ1) is 19.0. The second-order valence-electron chi connectivity index (χ2n) is 6.62. The molecule has 0 aliphatic carbocycles. The number of piperazine rings is 1. The molecule has 0 unspecified atom stereocenters. The Morgan fingerprint density at radius 3 is 2.22 bits per heavy atom. The van der Waals surface area contributed by atoms with Crippen molar-refractivity contribution in [1.82, 2.24) is 9.96 Å². The highest BCUT2D eigenvalue weighted by molar-refractivity contribution is 6.00. The smallest absolute Gasteiger partial charge is 0.273 e.